The minimum atomic E-state index is -5.00. The number of nitrogens with one attached hydrogen (secondary N) is 2. The van der Waals surface area contributed by atoms with Crippen LogP contribution < -0.4 is 19.7 Å². The van der Waals surface area contributed by atoms with Crippen LogP contribution in [-0.4, -0.2) is 57.2 Å². The highest BCUT2D eigenvalue weighted by Crippen LogP contribution is 2.51. The number of ether oxygens (including phenoxy) is 1. The smallest absolute Gasteiger partial charge is 0.416 e. The Hall–Kier alpha value is -3.50. The summed E-state index contributed by atoms with van der Waals surface area (Å²) < 4.78 is 108. The first kappa shape index (κ1) is 36.3. The molecule has 1 aliphatic rings. The molecular formula is C32H37F6N3O5S. The number of aliphatic hydroxyl groups excluding tert-OH is 1. The van der Waals surface area contributed by atoms with Gasteiger partial charge in [0.15, 0.2) is 0 Å². The van der Waals surface area contributed by atoms with E-state index < -0.39 is 58.9 Å². The molecule has 0 aliphatic carbocycles. The quantitative estimate of drug-likeness (QED) is 0.132. The predicted octanol–water partition coefficient (Wildman–Crippen LogP) is 6.88. The van der Waals surface area contributed by atoms with Gasteiger partial charge < -0.3 is 20.5 Å². The van der Waals surface area contributed by atoms with Gasteiger partial charge in [0.1, 0.15) is 5.75 Å². The number of nitrogens with zero attached hydrogens (tertiary/aromatic N) is 1. The highest BCUT2D eigenvalue weighted by Gasteiger charge is 2.37. The van der Waals surface area contributed by atoms with Crippen molar-refractivity contribution in [2.24, 2.45) is 0 Å². The molecule has 0 bridgehead atoms. The molecule has 258 valence electrons. The lowest BCUT2D eigenvalue weighted by Crippen LogP contribution is -2.48. The number of rotatable bonds is 12. The maximum atomic E-state index is 13.6. The van der Waals surface area contributed by atoms with Crippen LogP contribution in [0.2, 0.25) is 0 Å². The zero-order valence-corrected chi connectivity index (χ0v) is 26.4. The van der Waals surface area contributed by atoms with Crippen LogP contribution in [0.25, 0.3) is 0 Å². The maximum Gasteiger partial charge on any atom is 0.416 e. The SMILES string of the molecule is CC(C)Oc1cc(C(=O)N[C@@H](Cc2ccccc2)[C@H](O)CNCc2cc(C(F)(F)F)cc(C(F)(F)F)c2)cc(N2CCCS2(O)O)c1. The number of amides is 1. The zero-order chi connectivity index (χ0) is 34.6. The molecule has 47 heavy (non-hydrogen) atoms. The van der Waals surface area contributed by atoms with Crippen molar-refractivity contribution in [3.63, 3.8) is 0 Å². The van der Waals surface area contributed by atoms with Crippen LogP contribution in [0, 0.1) is 0 Å². The summed E-state index contributed by atoms with van der Waals surface area (Å²) in [5.41, 5.74) is -1.96. The minimum absolute atomic E-state index is 0.0442. The topological polar surface area (TPSA) is 114 Å². The van der Waals surface area contributed by atoms with Crippen LogP contribution >= 0.6 is 10.8 Å². The Morgan fingerprint density at radius 3 is 2.13 bits per heavy atom. The monoisotopic (exact) mass is 689 g/mol. The van der Waals surface area contributed by atoms with E-state index in [9.17, 15) is 45.3 Å². The Labute approximate surface area is 270 Å². The number of aliphatic hydroxyl groups is 1. The van der Waals surface area contributed by atoms with E-state index in [4.69, 9.17) is 4.74 Å². The highest BCUT2D eigenvalue weighted by molar-refractivity contribution is 8.25. The van der Waals surface area contributed by atoms with Gasteiger partial charge in [0.25, 0.3) is 5.91 Å². The van der Waals surface area contributed by atoms with Gasteiger partial charge in [-0.3, -0.25) is 18.2 Å². The molecule has 0 saturated carbocycles. The molecule has 3 aromatic rings. The van der Waals surface area contributed by atoms with Gasteiger partial charge in [0, 0.05) is 31.3 Å². The van der Waals surface area contributed by atoms with E-state index in [1.165, 1.54) is 16.4 Å². The maximum absolute atomic E-state index is 13.6. The average Bonchev–Trinajstić information content (AvgIpc) is 3.34. The molecule has 2 atom stereocenters. The number of benzene rings is 3. The zero-order valence-electron chi connectivity index (χ0n) is 25.6. The molecule has 0 aromatic heterocycles. The lowest BCUT2D eigenvalue weighted by molar-refractivity contribution is -0.143. The van der Waals surface area contributed by atoms with Crippen molar-refractivity contribution in [2.75, 3.05) is 23.1 Å². The second-order valence-corrected chi connectivity index (χ2v) is 13.7. The summed E-state index contributed by atoms with van der Waals surface area (Å²) in [6, 6.07) is 13.7. The number of hydrogen-bond donors (Lipinski definition) is 5. The molecule has 1 heterocycles. The Bertz CT molecular complexity index is 1490. The summed E-state index contributed by atoms with van der Waals surface area (Å²) >= 11 is 0. The van der Waals surface area contributed by atoms with Crippen LogP contribution in [0.1, 0.15) is 52.9 Å². The Morgan fingerprint density at radius 1 is 0.936 bits per heavy atom. The fourth-order valence-electron chi connectivity index (χ4n) is 5.19. The van der Waals surface area contributed by atoms with Gasteiger partial charge in [-0.1, -0.05) is 30.3 Å². The largest absolute Gasteiger partial charge is 0.491 e. The summed E-state index contributed by atoms with van der Waals surface area (Å²) in [6.07, 6.45) is -10.9. The van der Waals surface area contributed by atoms with Gasteiger partial charge in [0.2, 0.25) is 0 Å². The Balaban J connectivity index is 1.55. The van der Waals surface area contributed by atoms with E-state index in [1.54, 1.807) is 50.2 Å². The first-order chi connectivity index (χ1) is 21.9. The van der Waals surface area contributed by atoms with Crippen LogP contribution in [0.15, 0.2) is 66.7 Å². The predicted molar refractivity (Wildman–Crippen MR) is 167 cm³/mol. The molecule has 0 unspecified atom stereocenters. The third-order valence-electron chi connectivity index (χ3n) is 7.36. The minimum Gasteiger partial charge on any atom is -0.491 e. The number of carbonyl (C=O) groups is 1. The standard InChI is InChI=1S/C32H37F6N3O5S/c1-20(2)46-27-15-23(14-26(17-27)41-9-6-10-47(41,44)45)30(43)40-28(13-21-7-4-3-5-8-21)29(42)19-39-18-22-11-24(31(33,34)35)16-25(12-22)32(36,37)38/h3-5,7-8,11-12,14-17,20,28-29,39,42,44-45H,6,9-10,13,18-19H2,1-2H3,(H,40,43)/t28-,29+/m0/s1. The third kappa shape index (κ3) is 10.00. The van der Waals surface area contributed by atoms with Gasteiger partial charge in [-0.2, -0.15) is 26.3 Å². The average molecular weight is 690 g/mol. The molecule has 1 fully saturated rings. The lowest BCUT2D eigenvalue weighted by Gasteiger charge is -2.38. The number of anilines is 1. The highest BCUT2D eigenvalue weighted by atomic mass is 32.3. The van der Waals surface area contributed by atoms with Gasteiger partial charge in [-0.25, -0.2) is 0 Å². The summed E-state index contributed by atoms with van der Waals surface area (Å²) in [5, 5.41) is 16.6. The molecule has 4 rings (SSSR count). The number of carbonyl (C=O) groups excluding carboxylic acids is 1. The second kappa shape index (κ2) is 14.7. The van der Waals surface area contributed by atoms with Crippen molar-refractivity contribution in [1.82, 2.24) is 10.6 Å². The van der Waals surface area contributed by atoms with Crippen molar-refractivity contribution in [3.05, 3.63) is 94.5 Å². The summed E-state index contributed by atoms with van der Waals surface area (Å²) in [6.45, 7) is 3.23. The molecular weight excluding hydrogens is 652 g/mol. The molecule has 0 spiro atoms. The molecule has 3 aromatic carbocycles. The van der Waals surface area contributed by atoms with Crippen LogP contribution in [-0.2, 0) is 25.3 Å². The molecule has 5 N–H and O–H groups in total. The van der Waals surface area contributed by atoms with Gasteiger partial charge in [0.05, 0.1) is 40.8 Å². The molecule has 1 aliphatic heterocycles. The first-order valence-electron chi connectivity index (χ1n) is 14.8. The lowest BCUT2D eigenvalue weighted by atomic mass is 10.00. The van der Waals surface area contributed by atoms with Crippen LogP contribution in [0.3, 0.4) is 0 Å². The fraction of sp³-hybridized carbons (Fsp3) is 0.406. The van der Waals surface area contributed by atoms with Crippen molar-refractivity contribution < 1.29 is 50.1 Å². The Kier molecular flexibility index (Phi) is 11.4. The van der Waals surface area contributed by atoms with Crippen molar-refractivity contribution >= 4 is 22.4 Å². The first-order valence-corrected chi connectivity index (χ1v) is 16.5. The van der Waals surface area contributed by atoms with E-state index in [1.807, 2.05) is 0 Å². The number of hydrogen-bond acceptors (Lipinski definition) is 7. The van der Waals surface area contributed by atoms with Crippen molar-refractivity contribution in [2.45, 2.75) is 63.8 Å². The van der Waals surface area contributed by atoms with Gasteiger partial charge in [-0.15, -0.1) is 10.8 Å². The van der Waals surface area contributed by atoms with E-state index in [-0.39, 0.29) is 42.0 Å². The molecule has 8 nitrogen and oxygen atoms in total. The molecule has 15 heteroatoms. The summed E-state index contributed by atoms with van der Waals surface area (Å²) in [5.74, 6) is -0.130. The second-order valence-electron chi connectivity index (χ2n) is 11.6. The van der Waals surface area contributed by atoms with Gasteiger partial charge in [-0.05, 0) is 68.1 Å². The summed E-state index contributed by atoms with van der Waals surface area (Å²) in [4.78, 5) is 13.6. The Morgan fingerprint density at radius 2 is 1.57 bits per heavy atom. The molecule has 1 saturated heterocycles. The van der Waals surface area contributed by atoms with E-state index in [0.29, 0.717) is 36.5 Å². The fourth-order valence-corrected chi connectivity index (χ4v) is 6.79. The molecule has 1 amide bonds. The van der Waals surface area contributed by atoms with Crippen LogP contribution in [0.4, 0.5) is 32.0 Å². The van der Waals surface area contributed by atoms with E-state index in [0.717, 1.165) is 5.56 Å². The van der Waals surface area contributed by atoms with Crippen LogP contribution in [0.5, 0.6) is 5.75 Å². The van der Waals surface area contributed by atoms with E-state index in [2.05, 4.69) is 10.6 Å². The van der Waals surface area contributed by atoms with E-state index >= 15 is 0 Å². The number of alkyl halides is 6. The van der Waals surface area contributed by atoms with Gasteiger partial charge >= 0.3 is 12.4 Å². The summed E-state index contributed by atoms with van der Waals surface area (Å²) in [7, 11) is -3.09. The molecule has 0 radical (unpaired) electrons. The third-order valence-corrected chi connectivity index (χ3v) is 9.29. The number of halogens is 6. The van der Waals surface area contributed by atoms with Crippen molar-refractivity contribution in [3.8, 4) is 5.75 Å². The normalized spacial score (nSPS) is 17.0. The van der Waals surface area contributed by atoms with Crippen molar-refractivity contribution in [1.29, 1.82) is 0 Å².